The maximum Gasteiger partial charge on any atom is 0.201 e. The van der Waals surface area contributed by atoms with Crippen LogP contribution in [0.15, 0.2) is 109 Å². The summed E-state index contributed by atoms with van der Waals surface area (Å²) in [4.78, 5) is 11.2. The fraction of sp³-hybridized carbons (Fsp3) is 0. The van der Waals surface area contributed by atoms with E-state index in [0.29, 0.717) is 5.39 Å². The van der Waals surface area contributed by atoms with Crippen molar-refractivity contribution in [1.82, 2.24) is 4.40 Å². The van der Waals surface area contributed by atoms with E-state index in [-0.39, 0.29) is 17.1 Å². The number of nitrogens with zero attached hydrogens (tertiary/aromatic N) is 4. The molecule has 0 saturated carbocycles. The number of hydrogen-bond acceptors (Lipinski definition) is 0. The average Bonchev–Trinajstić information content (AvgIpc) is 3.41. The Kier molecular flexibility index (Phi) is 4.92. The Bertz CT molecular complexity index is 2240. The van der Waals surface area contributed by atoms with Crippen LogP contribution in [0, 0.1) is 19.7 Å². The number of aromatic nitrogens is 1. The van der Waals surface area contributed by atoms with Gasteiger partial charge in [-0.2, -0.15) is 0 Å². The fourth-order valence-electron chi connectivity index (χ4n) is 5.78. The molecule has 0 N–H and O–H groups in total. The van der Waals surface area contributed by atoms with Gasteiger partial charge in [-0.25, -0.2) is 0 Å². The van der Waals surface area contributed by atoms with E-state index in [1.54, 1.807) is 6.07 Å². The lowest BCUT2D eigenvalue weighted by molar-refractivity contribution is 1.29. The molecule has 0 bridgehead atoms. The zero-order valence-corrected chi connectivity index (χ0v) is 20.7. The maximum absolute atomic E-state index is 8.12. The number of fused-ring (bicyclic) bond motifs is 8. The largest absolute Gasteiger partial charge is 0.311 e. The summed E-state index contributed by atoms with van der Waals surface area (Å²) in [6.45, 7) is 23.8. The van der Waals surface area contributed by atoms with E-state index in [9.17, 15) is 0 Å². The minimum Gasteiger partial charge on any atom is -0.311 e. The molecule has 0 amide bonds. The van der Waals surface area contributed by atoms with Crippen LogP contribution >= 0.6 is 0 Å². The summed E-state index contributed by atoms with van der Waals surface area (Å²) in [6, 6.07) is 36.9. The highest BCUT2D eigenvalue weighted by Gasteiger charge is 2.24. The number of hydrogen-bond donors (Lipinski definition) is 0. The van der Waals surface area contributed by atoms with Crippen molar-refractivity contribution in [3.05, 3.63) is 143 Å². The van der Waals surface area contributed by atoms with E-state index in [0.717, 1.165) is 55.0 Å². The van der Waals surface area contributed by atoms with E-state index in [1.165, 1.54) is 0 Å². The molecule has 7 aromatic rings. The smallest absolute Gasteiger partial charge is 0.201 e. The maximum atomic E-state index is 8.12. The van der Waals surface area contributed by atoms with Gasteiger partial charge in [0, 0.05) is 16.5 Å². The van der Waals surface area contributed by atoms with Crippen LogP contribution in [-0.4, -0.2) is 4.40 Å². The molecule has 178 valence electrons. The zero-order valence-electron chi connectivity index (χ0n) is 20.7. The first kappa shape index (κ1) is 22.3. The van der Waals surface area contributed by atoms with Crippen molar-refractivity contribution in [2.45, 2.75) is 0 Å². The van der Waals surface area contributed by atoms with Crippen molar-refractivity contribution in [3.8, 4) is 22.4 Å². The fourth-order valence-corrected chi connectivity index (χ4v) is 5.78. The summed E-state index contributed by atoms with van der Waals surface area (Å²) >= 11 is 0. The van der Waals surface area contributed by atoms with Gasteiger partial charge in [-0.1, -0.05) is 97.1 Å². The third kappa shape index (κ3) is 3.15. The van der Waals surface area contributed by atoms with E-state index >= 15 is 0 Å². The first-order valence-electron chi connectivity index (χ1n) is 12.5. The van der Waals surface area contributed by atoms with E-state index < -0.39 is 0 Å². The Hall–Kier alpha value is -5.89. The monoisotopic (exact) mass is 494 g/mol. The lowest BCUT2D eigenvalue weighted by atomic mass is 9.95. The second-order valence-corrected chi connectivity index (χ2v) is 9.39. The van der Waals surface area contributed by atoms with Crippen LogP contribution in [0.5, 0.6) is 0 Å². The van der Waals surface area contributed by atoms with Crippen molar-refractivity contribution in [1.29, 1.82) is 0 Å². The van der Waals surface area contributed by atoms with Crippen molar-refractivity contribution in [2.24, 2.45) is 0 Å². The molecule has 0 radical (unpaired) electrons. The summed E-state index contributed by atoms with van der Waals surface area (Å²) in [5.74, 6) is 0. The summed E-state index contributed by atoms with van der Waals surface area (Å²) in [7, 11) is 0. The van der Waals surface area contributed by atoms with Crippen LogP contribution in [0.3, 0.4) is 0 Å². The quantitative estimate of drug-likeness (QED) is 0.168. The van der Waals surface area contributed by atoms with E-state index in [2.05, 4.69) is 73.5 Å². The number of pyridine rings is 1. The minimum absolute atomic E-state index is 0.109. The van der Waals surface area contributed by atoms with Crippen LogP contribution < -0.4 is 0 Å². The van der Waals surface area contributed by atoms with Crippen LogP contribution in [0.4, 0.5) is 17.1 Å². The predicted molar refractivity (Wildman–Crippen MR) is 160 cm³/mol. The first-order chi connectivity index (χ1) is 19.2. The minimum atomic E-state index is 0.109. The highest BCUT2D eigenvalue weighted by atomic mass is 14.9. The molecule has 4 nitrogen and oxygen atoms in total. The van der Waals surface area contributed by atoms with Gasteiger partial charge in [0.25, 0.3) is 0 Å². The molecule has 0 spiro atoms. The molecule has 0 aliphatic carbocycles. The van der Waals surface area contributed by atoms with E-state index in [1.807, 2.05) is 48.5 Å². The molecule has 0 aliphatic rings. The number of rotatable bonds is 2. The van der Waals surface area contributed by atoms with Crippen LogP contribution in [0.1, 0.15) is 0 Å². The molecule has 39 heavy (non-hydrogen) atoms. The Balaban J connectivity index is 1.88. The van der Waals surface area contributed by atoms with Crippen molar-refractivity contribution in [2.75, 3.05) is 0 Å². The Morgan fingerprint density at radius 2 is 1.21 bits per heavy atom. The Labute approximate surface area is 225 Å². The lowest BCUT2D eigenvalue weighted by Gasteiger charge is -2.17. The SMILES string of the molecule is [C-]#[N+]c1cc2c(c([N+]#[C-])c1[N+]#[C-])c1ccc3ccccc3c1c1c(-c3ccccc3)cc(-c3ccccc3)n21. The second kappa shape index (κ2) is 8.60. The standard InChI is InChI=1S/C35H18N4/c1-36-28-21-30-32(34(38-3)33(28)37-2)26-19-18-23-14-10-11-17-25(23)31(26)35-27(22-12-6-4-7-13-22)20-29(39(30)35)24-15-8-5-9-16-24/h4-21H. The van der Waals surface area contributed by atoms with E-state index in [4.69, 9.17) is 19.7 Å². The molecule has 0 atom stereocenters. The molecule has 5 aromatic carbocycles. The molecule has 0 saturated heterocycles. The molecule has 2 aromatic heterocycles. The Morgan fingerprint density at radius 1 is 0.538 bits per heavy atom. The van der Waals surface area contributed by atoms with Gasteiger partial charge >= 0.3 is 0 Å². The molecule has 0 aliphatic heterocycles. The summed E-state index contributed by atoms with van der Waals surface area (Å²) in [5, 5.41) is 4.80. The van der Waals surface area contributed by atoms with Crippen LogP contribution in [0.25, 0.3) is 74.9 Å². The highest BCUT2D eigenvalue weighted by molar-refractivity contribution is 6.29. The molecule has 7 rings (SSSR count). The van der Waals surface area contributed by atoms with Crippen molar-refractivity contribution >= 4 is 55.0 Å². The molecule has 2 heterocycles. The zero-order chi connectivity index (χ0) is 26.5. The van der Waals surface area contributed by atoms with Gasteiger partial charge in [-0.15, -0.1) is 0 Å². The van der Waals surface area contributed by atoms with Gasteiger partial charge in [-0.05, 0) is 44.8 Å². The first-order valence-corrected chi connectivity index (χ1v) is 12.5. The molecular formula is C35H18N4. The normalized spacial score (nSPS) is 11.0. The van der Waals surface area contributed by atoms with Gasteiger partial charge in [-0.3, -0.25) is 14.5 Å². The summed E-state index contributed by atoms with van der Waals surface area (Å²) in [6.07, 6.45) is 0. The third-order valence-corrected chi connectivity index (χ3v) is 7.41. The number of benzene rings is 5. The van der Waals surface area contributed by atoms with Gasteiger partial charge in [0.05, 0.1) is 30.9 Å². The average molecular weight is 495 g/mol. The summed E-state index contributed by atoms with van der Waals surface area (Å²) < 4.78 is 2.19. The predicted octanol–water partition coefficient (Wildman–Crippen LogP) is 10.4. The van der Waals surface area contributed by atoms with Crippen molar-refractivity contribution in [3.63, 3.8) is 0 Å². The highest BCUT2D eigenvalue weighted by Crippen LogP contribution is 2.50. The topological polar surface area (TPSA) is 17.5 Å². The van der Waals surface area contributed by atoms with Gasteiger partial charge in [0.2, 0.25) is 5.69 Å². The summed E-state index contributed by atoms with van der Waals surface area (Å²) in [5.41, 5.74) is 6.44. The van der Waals surface area contributed by atoms with Gasteiger partial charge in [0.1, 0.15) is 0 Å². The molecule has 0 fully saturated rings. The third-order valence-electron chi connectivity index (χ3n) is 7.41. The Morgan fingerprint density at radius 3 is 1.90 bits per heavy atom. The second-order valence-electron chi connectivity index (χ2n) is 9.39. The van der Waals surface area contributed by atoms with Crippen LogP contribution in [0.2, 0.25) is 0 Å². The molecule has 4 heteroatoms. The van der Waals surface area contributed by atoms with Crippen molar-refractivity contribution < 1.29 is 0 Å². The van der Waals surface area contributed by atoms with Gasteiger partial charge in [0.15, 0.2) is 11.4 Å². The molecular weight excluding hydrogens is 476 g/mol. The lowest BCUT2D eigenvalue weighted by Crippen LogP contribution is -1.95. The van der Waals surface area contributed by atoms with Gasteiger partial charge < -0.3 is 4.40 Å². The van der Waals surface area contributed by atoms with Crippen LogP contribution in [-0.2, 0) is 0 Å². The molecule has 0 unspecified atom stereocenters.